The Balaban J connectivity index is 1.51. The molecule has 0 saturated carbocycles. The van der Waals surface area contributed by atoms with E-state index in [4.69, 9.17) is 11.6 Å². The number of hydrogen-bond donors (Lipinski definition) is 1. The molecule has 1 saturated heterocycles. The number of piperazine rings is 1. The van der Waals surface area contributed by atoms with Crippen LogP contribution < -0.4 is 5.32 Å². The largest absolute Gasteiger partial charge is 0.340 e. The molecule has 1 fully saturated rings. The summed E-state index contributed by atoms with van der Waals surface area (Å²) in [6.45, 7) is 8.52. The van der Waals surface area contributed by atoms with Crippen molar-refractivity contribution in [1.82, 2.24) is 9.80 Å². The number of nitrogens with one attached hydrogen (secondary N) is 1. The molecule has 3 rings (SSSR count). The van der Waals surface area contributed by atoms with Crippen molar-refractivity contribution in [3.63, 3.8) is 0 Å². The fraction of sp³-hybridized carbons (Fsp3) is 0.391. The van der Waals surface area contributed by atoms with Gasteiger partial charge >= 0.3 is 0 Å². The quantitative estimate of drug-likeness (QED) is 0.813. The van der Waals surface area contributed by atoms with Crippen molar-refractivity contribution in [3.8, 4) is 0 Å². The number of aryl methyl sites for hydroxylation is 2. The van der Waals surface area contributed by atoms with Crippen molar-refractivity contribution in [2.24, 2.45) is 0 Å². The molecule has 1 aliphatic rings. The van der Waals surface area contributed by atoms with Gasteiger partial charge in [0.15, 0.2) is 0 Å². The molecule has 6 heteroatoms. The van der Waals surface area contributed by atoms with Gasteiger partial charge in [0.25, 0.3) is 0 Å². The molecule has 1 heterocycles. The zero-order chi connectivity index (χ0) is 21.0. The topological polar surface area (TPSA) is 52.7 Å². The third kappa shape index (κ3) is 5.58. The number of anilines is 1. The van der Waals surface area contributed by atoms with E-state index < -0.39 is 0 Å². The molecule has 2 aromatic rings. The summed E-state index contributed by atoms with van der Waals surface area (Å²) in [5.74, 6) is 0.0787. The first-order chi connectivity index (χ1) is 13.8. The van der Waals surface area contributed by atoms with Gasteiger partial charge in [0.1, 0.15) is 0 Å². The van der Waals surface area contributed by atoms with Crippen LogP contribution in [-0.4, -0.2) is 53.8 Å². The van der Waals surface area contributed by atoms with Gasteiger partial charge in [0.05, 0.1) is 12.5 Å². The predicted molar refractivity (Wildman–Crippen MR) is 117 cm³/mol. The number of carbonyl (C=O) groups is 2. The zero-order valence-electron chi connectivity index (χ0n) is 17.2. The minimum Gasteiger partial charge on any atom is -0.340 e. The first-order valence-corrected chi connectivity index (χ1v) is 10.4. The highest BCUT2D eigenvalue weighted by molar-refractivity contribution is 6.31. The van der Waals surface area contributed by atoms with Crippen LogP contribution in [0.4, 0.5) is 5.69 Å². The molecule has 1 aliphatic heterocycles. The van der Waals surface area contributed by atoms with Crippen molar-refractivity contribution >= 4 is 29.1 Å². The number of halogens is 1. The van der Waals surface area contributed by atoms with Crippen LogP contribution in [-0.2, 0) is 16.0 Å². The summed E-state index contributed by atoms with van der Waals surface area (Å²) in [4.78, 5) is 29.3. The number of carbonyl (C=O) groups excluding carboxylic acids is 2. The molecule has 0 bridgehead atoms. The van der Waals surface area contributed by atoms with Gasteiger partial charge in [0, 0.05) is 36.9 Å². The molecule has 0 spiro atoms. The van der Waals surface area contributed by atoms with Crippen LogP contribution in [0.2, 0.25) is 5.02 Å². The third-order valence-electron chi connectivity index (χ3n) is 5.53. The molecule has 0 radical (unpaired) electrons. The fourth-order valence-electron chi connectivity index (χ4n) is 3.48. The van der Waals surface area contributed by atoms with Gasteiger partial charge in [0.2, 0.25) is 11.8 Å². The van der Waals surface area contributed by atoms with Gasteiger partial charge in [-0.05, 0) is 44.0 Å². The zero-order valence-corrected chi connectivity index (χ0v) is 18.0. The third-order valence-corrected chi connectivity index (χ3v) is 5.76. The van der Waals surface area contributed by atoms with Crippen molar-refractivity contribution in [3.05, 3.63) is 64.2 Å². The summed E-state index contributed by atoms with van der Waals surface area (Å²) in [5.41, 5.74) is 3.94. The summed E-state index contributed by atoms with van der Waals surface area (Å²) in [6.07, 6.45) is 0.421. The molecule has 2 amide bonds. The minimum absolute atomic E-state index is 0.0604. The number of benzene rings is 2. The monoisotopic (exact) mass is 413 g/mol. The lowest BCUT2D eigenvalue weighted by molar-refractivity contribution is -0.133. The van der Waals surface area contributed by atoms with Gasteiger partial charge in [-0.2, -0.15) is 0 Å². The number of nitrogens with zero attached hydrogens (tertiary/aromatic N) is 2. The van der Waals surface area contributed by atoms with E-state index in [0.29, 0.717) is 37.6 Å². The van der Waals surface area contributed by atoms with Gasteiger partial charge in [-0.3, -0.25) is 14.5 Å². The Morgan fingerprint density at radius 3 is 2.34 bits per heavy atom. The second kappa shape index (κ2) is 9.42. The Morgan fingerprint density at radius 1 is 1.03 bits per heavy atom. The standard InChI is InChI=1S/C23H28ClN3O2/c1-16-4-7-19(8-5-16)14-22(28)27-12-10-26(11-13-27)18(3)23(29)25-21-15-20(24)9-6-17(21)2/h4-9,15,18H,10-14H2,1-3H3,(H,25,29). The lowest BCUT2D eigenvalue weighted by atomic mass is 10.1. The van der Waals surface area contributed by atoms with Crippen molar-refractivity contribution < 1.29 is 9.59 Å². The van der Waals surface area contributed by atoms with Crippen molar-refractivity contribution in [2.45, 2.75) is 33.2 Å². The molecular weight excluding hydrogens is 386 g/mol. The first kappa shape index (κ1) is 21.3. The Bertz CT molecular complexity index is 874. The highest BCUT2D eigenvalue weighted by atomic mass is 35.5. The summed E-state index contributed by atoms with van der Waals surface area (Å²) in [7, 11) is 0. The lowest BCUT2D eigenvalue weighted by Gasteiger charge is -2.37. The van der Waals surface area contributed by atoms with Crippen molar-refractivity contribution in [1.29, 1.82) is 0 Å². The second-order valence-electron chi connectivity index (χ2n) is 7.70. The maximum absolute atomic E-state index is 12.7. The molecule has 5 nitrogen and oxygen atoms in total. The average Bonchev–Trinajstić information content (AvgIpc) is 2.72. The van der Waals surface area contributed by atoms with Gasteiger partial charge in [-0.25, -0.2) is 0 Å². The molecule has 1 N–H and O–H groups in total. The van der Waals surface area contributed by atoms with Crippen LogP contribution in [0.1, 0.15) is 23.6 Å². The van der Waals surface area contributed by atoms with E-state index in [1.54, 1.807) is 6.07 Å². The summed E-state index contributed by atoms with van der Waals surface area (Å²) in [6, 6.07) is 13.3. The maximum Gasteiger partial charge on any atom is 0.241 e. The van der Waals surface area contributed by atoms with Crippen molar-refractivity contribution in [2.75, 3.05) is 31.5 Å². The van der Waals surface area contributed by atoms with Gasteiger partial charge in [-0.15, -0.1) is 0 Å². The molecular formula is C23H28ClN3O2. The molecule has 29 heavy (non-hydrogen) atoms. The van der Waals surface area contributed by atoms with Crippen LogP contribution in [0.5, 0.6) is 0 Å². The number of rotatable bonds is 5. The van der Waals surface area contributed by atoms with Crippen LogP contribution in [0.25, 0.3) is 0 Å². The van der Waals surface area contributed by atoms with E-state index in [-0.39, 0.29) is 17.9 Å². The van der Waals surface area contributed by atoms with E-state index in [1.807, 2.05) is 62.1 Å². The highest BCUT2D eigenvalue weighted by Crippen LogP contribution is 2.21. The van der Waals surface area contributed by atoms with Gasteiger partial charge in [-0.1, -0.05) is 47.5 Å². The maximum atomic E-state index is 12.7. The SMILES string of the molecule is Cc1ccc(CC(=O)N2CCN(C(C)C(=O)Nc3cc(Cl)ccc3C)CC2)cc1. The van der Waals surface area contributed by atoms with Crippen LogP contribution >= 0.6 is 11.6 Å². The Labute approximate surface area is 177 Å². The minimum atomic E-state index is -0.275. The summed E-state index contributed by atoms with van der Waals surface area (Å²) >= 11 is 6.04. The van der Waals surface area contributed by atoms with E-state index in [0.717, 1.165) is 16.8 Å². The summed E-state index contributed by atoms with van der Waals surface area (Å²) < 4.78 is 0. The lowest BCUT2D eigenvalue weighted by Crippen LogP contribution is -2.54. The number of hydrogen-bond acceptors (Lipinski definition) is 3. The molecule has 1 unspecified atom stereocenters. The molecule has 0 aliphatic carbocycles. The number of amides is 2. The van der Waals surface area contributed by atoms with Gasteiger partial charge < -0.3 is 10.2 Å². The molecule has 0 aromatic heterocycles. The summed E-state index contributed by atoms with van der Waals surface area (Å²) in [5, 5.41) is 3.57. The first-order valence-electron chi connectivity index (χ1n) is 9.98. The van der Waals surface area contributed by atoms with E-state index in [9.17, 15) is 9.59 Å². The normalized spacial score (nSPS) is 15.8. The molecule has 2 aromatic carbocycles. The fourth-order valence-corrected chi connectivity index (χ4v) is 3.65. The predicted octanol–water partition coefficient (Wildman–Crippen LogP) is 3.67. The highest BCUT2D eigenvalue weighted by Gasteiger charge is 2.27. The molecule has 1 atom stereocenters. The smallest absolute Gasteiger partial charge is 0.241 e. The van der Waals surface area contributed by atoms with E-state index in [1.165, 1.54) is 5.56 Å². The van der Waals surface area contributed by atoms with Crippen LogP contribution in [0.15, 0.2) is 42.5 Å². The molecule has 154 valence electrons. The average molecular weight is 414 g/mol. The van der Waals surface area contributed by atoms with Crippen LogP contribution in [0.3, 0.4) is 0 Å². The van der Waals surface area contributed by atoms with E-state index >= 15 is 0 Å². The Morgan fingerprint density at radius 2 is 1.69 bits per heavy atom. The van der Waals surface area contributed by atoms with E-state index in [2.05, 4.69) is 10.2 Å². The van der Waals surface area contributed by atoms with Crippen LogP contribution in [0, 0.1) is 13.8 Å². The second-order valence-corrected chi connectivity index (χ2v) is 8.14. The Kier molecular flexibility index (Phi) is 6.93. The Hall–Kier alpha value is -2.37.